The van der Waals surface area contributed by atoms with Gasteiger partial charge in [-0.25, -0.2) is 4.39 Å². The maximum Gasteiger partial charge on any atom is 0.126 e. The van der Waals surface area contributed by atoms with Gasteiger partial charge in [0, 0.05) is 0 Å². The van der Waals surface area contributed by atoms with Crippen LogP contribution in [0.4, 0.5) is 4.39 Å². The van der Waals surface area contributed by atoms with Crippen LogP contribution in [0.25, 0.3) is 0 Å². The lowest BCUT2D eigenvalue weighted by Crippen LogP contribution is -1.89. The molecule has 0 aromatic heterocycles. The van der Waals surface area contributed by atoms with Gasteiger partial charge in [-0.05, 0) is 25.0 Å². The van der Waals surface area contributed by atoms with Crippen LogP contribution in [0.5, 0.6) is 0 Å². The summed E-state index contributed by atoms with van der Waals surface area (Å²) < 4.78 is 13.0. The number of hydrogen-bond donors (Lipinski definition) is 0. The fourth-order valence-corrected chi connectivity index (χ4v) is 1.16. The zero-order valence-electron chi connectivity index (χ0n) is 7.02. The molecule has 0 saturated heterocycles. The van der Waals surface area contributed by atoms with Crippen LogP contribution in [0.2, 0.25) is 0 Å². The summed E-state index contributed by atoms with van der Waals surface area (Å²) in [5.41, 5.74) is 1.97. The quantitative estimate of drug-likeness (QED) is 0.611. The van der Waals surface area contributed by atoms with Crippen molar-refractivity contribution in [3.63, 3.8) is 0 Å². The number of aryl methyl sites for hydroxylation is 2. The van der Waals surface area contributed by atoms with Crippen LogP contribution in [0.15, 0.2) is 18.2 Å². The minimum atomic E-state index is -0.0718. The minimum Gasteiger partial charge on any atom is -0.207 e. The second kappa shape index (κ2) is 3.51. The van der Waals surface area contributed by atoms with Gasteiger partial charge in [0.25, 0.3) is 0 Å². The molecule has 0 N–H and O–H groups in total. The van der Waals surface area contributed by atoms with E-state index in [4.69, 9.17) is 0 Å². The molecule has 60 valence electrons. The third kappa shape index (κ3) is 2.04. The Bertz CT molecular complexity index is 241. The molecule has 0 saturated carbocycles. The fraction of sp³-hybridized carbons (Fsp3) is 0.400. The molecule has 0 nitrogen and oxygen atoms in total. The third-order valence-electron chi connectivity index (χ3n) is 1.72. The van der Waals surface area contributed by atoms with E-state index in [1.807, 2.05) is 13.0 Å². The molecule has 0 aliphatic rings. The Morgan fingerprint density at radius 3 is 2.73 bits per heavy atom. The lowest BCUT2D eigenvalue weighted by molar-refractivity contribution is 0.607. The van der Waals surface area contributed by atoms with Gasteiger partial charge in [-0.15, -0.1) is 0 Å². The molecule has 0 bridgehead atoms. The van der Waals surface area contributed by atoms with Crippen LogP contribution in [-0.4, -0.2) is 0 Å². The molecule has 1 aromatic carbocycles. The molecule has 0 amide bonds. The van der Waals surface area contributed by atoms with Crippen LogP contribution < -0.4 is 0 Å². The number of hydrogen-bond acceptors (Lipinski definition) is 0. The standard InChI is InChI=1S/C10H13F/c1-3-4-9-7-8(2)5-6-10(9)11/h5-7H,3-4H2,1-2H3. The molecule has 1 aromatic rings. The minimum absolute atomic E-state index is 0.0718. The van der Waals surface area contributed by atoms with Crippen LogP contribution in [0.1, 0.15) is 24.5 Å². The molecule has 1 heteroatoms. The van der Waals surface area contributed by atoms with Crippen molar-refractivity contribution in [3.8, 4) is 0 Å². The highest BCUT2D eigenvalue weighted by atomic mass is 19.1. The van der Waals surface area contributed by atoms with Gasteiger partial charge in [-0.2, -0.15) is 0 Å². The van der Waals surface area contributed by atoms with Gasteiger partial charge in [0.2, 0.25) is 0 Å². The van der Waals surface area contributed by atoms with Crippen molar-refractivity contribution in [2.75, 3.05) is 0 Å². The largest absolute Gasteiger partial charge is 0.207 e. The summed E-state index contributed by atoms with van der Waals surface area (Å²) in [4.78, 5) is 0. The first kappa shape index (κ1) is 8.25. The Balaban J connectivity index is 2.93. The molecule has 0 aliphatic carbocycles. The van der Waals surface area contributed by atoms with E-state index in [0.717, 1.165) is 24.0 Å². The predicted octanol–water partition coefficient (Wildman–Crippen LogP) is 3.09. The fourth-order valence-electron chi connectivity index (χ4n) is 1.16. The van der Waals surface area contributed by atoms with Gasteiger partial charge in [-0.1, -0.05) is 31.0 Å². The summed E-state index contributed by atoms with van der Waals surface area (Å²) in [5, 5.41) is 0. The van der Waals surface area contributed by atoms with Crippen LogP contribution in [0.3, 0.4) is 0 Å². The Morgan fingerprint density at radius 2 is 2.09 bits per heavy atom. The van der Waals surface area contributed by atoms with E-state index < -0.39 is 0 Å². The van der Waals surface area contributed by atoms with E-state index in [0.29, 0.717) is 0 Å². The highest BCUT2D eigenvalue weighted by Gasteiger charge is 1.99. The zero-order chi connectivity index (χ0) is 8.27. The number of rotatable bonds is 2. The van der Waals surface area contributed by atoms with E-state index in [9.17, 15) is 4.39 Å². The van der Waals surface area contributed by atoms with Crippen molar-refractivity contribution in [2.24, 2.45) is 0 Å². The summed E-state index contributed by atoms with van der Waals surface area (Å²) in [6.45, 7) is 4.04. The molecular formula is C10H13F. The van der Waals surface area contributed by atoms with Gasteiger partial charge in [0.05, 0.1) is 0 Å². The molecule has 0 spiro atoms. The second-order valence-corrected chi connectivity index (χ2v) is 2.84. The van der Waals surface area contributed by atoms with Gasteiger partial charge in [-0.3, -0.25) is 0 Å². The Labute approximate surface area is 67.1 Å². The normalized spacial score (nSPS) is 10.1. The summed E-state index contributed by atoms with van der Waals surface area (Å²) in [6.07, 6.45) is 1.84. The monoisotopic (exact) mass is 152 g/mol. The molecule has 1 rings (SSSR count). The number of benzene rings is 1. The van der Waals surface area contributed by atoms with E-state index in [1.165, 1.54) is 0 Å². The third-order valence-corrected chi connectivity index (χ3v) is 1.72. The molecule has 11 heavy (non-hydrogen) atoms. The Hall–Kier alpha value is -0.850. The first-order valence-electron chi connectivity index (χ1n) is 3.99. The Kier molecular flexibility index (Phi) is 2.64. The number of halogens is 1. The van der Waals surface area contributed by atoms with Crippen molar-refractivity contribution in [2.45, 2.75) is 26.7 Å². The highest BCUT2D eigenvalue weighted by molar-refractivity contribution is 5.23. The zero-order valence-corrected chi connectivity index (χ0v) is 7.02. The molecule has 0 aliphatic heterocycles. The summed E-state index contributed by atoms with van der Waals surface area (Å²) in [6, 6.07) is 5.26. The molecule has 0 fully saturated rings. The molecular weight excluding hydrogens is 139 g/mol. The van der Waals surface area contributed by atoms with Gasteiger partial charge >= 0.3 is 0 Å². The molecule has 0 radical (unpaired) electrons. The van der Waals surface area contributed by atoms with Crippen LogP contribution >= 0.6 is 0 Å². The van der Waals surface area contributed by atoms with E-state index >= 15 is 0 Å². The average molecular weight is 152 g/mol. The lowest BCUT2D eigenvalue weighted by atomic mass is 10.1. The van der Waals surface area contributed by atoms with Crippen LogP contribution in [-0.2, 0) is 6.42 Å². The molecule has 0 heterocycles. The van der Waals surface area contributed by atoms with Gasteiger partial charge in [0.1, 0.15) is 5.82 Å². The second-order valence-electron chi connectivity index (χ2n) is 2.84. The summed E-state index contributed by atoms with van der Waals surface area (Å²) in [7, 11) is 0. The SMILES string of the molecule is CCCc1cc(C)ccc1F. The molecule has 0 atom stereocenters. The van der Waals surface area contributed by atoms with E-state index in [-0.39, 0.29) is 5.82 Å². The first-order chi connectivity index (χ1) is 5.24. The summed E-state index contributed by atoms with van der Waals surface area (Å²) in [5.74, 6) is -0.0718. The van der Waals surface area contributed by atoms with Crippen molar-refractivity contribution in [3.05, 3.63) is 35.1 Å². The highest BCUT2D eigenvalue weighted by Crippen LogP contribution is 2.11. The lowest BCUT2D eigenvalue weighted by Gasteiger charge is -2.01. The first-order valence-corrected chi connectivity index (χ1v) is 3.99. The van der Waals surface area contributed by atoms with Crippen molar-refractivity contribution >= 4 is 0 Å². The van der Waals surface area contributed by atoms with Crippen molar-refractivity contribution < 1.29 is 4.39 Å². The smallest absolute Gasteiger partial charge is 0.126 e. The Morgan fingerprint density at radius 1 is 1.36 bits per heavy atom. The maximum atomic E-state index is 13.0. The van der Waals surface area contributed by atoms with Crippen molar-refractivity contribution in [1.29, 1.82) is 0 Å². The van der Waals surface area contributed by atoms with E-state index in [2.05, 4.69) is 6.92 Å². The van der Waals surface area contributed by atoms with Gasteiger partial charge in [0.15, 0.2) is 0 Å². The van der Waals surface area contributed by atoms with Crippen LogP contribution in [0, 0.1) is 12.7 Å². The maximum absolute atomic E-state index is 13.0. The average Bonchev–Trinajstić information content (AvgIpc) is 1.98. The van der Waals surface area contributed by atoms with E-state index in [1.54, 1.807) is 12.1 Å². The van der Waals surface area contributed by atoms with Gasteiger partial charge < -0.3 is 0 Å². The van der Waals surface area contributed by atoms with Crippen molar-refractivity contribution in [1.82, 2.24) is 0 Å². The summed E-state index contributed by atoms with van der Waals surface area (Å²) >= 11 is 0. The molecule has 0 unspecified atom stereocenters. The topological polar surface area (TPSA) is 0 Å². The predicted molar refractivity (Wildman–Crippen MR) is 45.1 cm³/mol.